The molecule has 1 aromatic heterocycles. The number of hydrogen-bond donors (Lipinski definition) is 2. The van der Waals surface area contributed by atoms with E-state index in [1.54, 1.807) is 39.7 Å². The Bertz CT molecular complexity index is 733. The molecule has 27 heavy (non-hydrogen) atoms. The zero-order valence-electron chi connectivity index (χ0n) is 16.9. The van der Waals surface area contributed by atoms with E-state index in [4.69, 9.17) is 14.2 Å². The van der Waals surface area contributed by atoms with Gasteiger partial charge in [-0.05, 0) is 11.4 Å². The molecule has 0 aliphatic rings. The summed E-state index contributed by atoms with van der Waals surface area (Å²) in [6.07, 6.45) is 0. The van der Waals surface area contributed by atoms with Gasteiger partial charge in [0, 0.05) is 36.0 Å². The van der Waals surface area contributed by atoms with Gasteiger partial charge in [-0.2, -0.15) is 0 Å². The molecule has 2 aromatic rings. The van der Waals surface area contributed by atoms with Crippen LogP contribution in [0.4, 0.5) is 0 Å². The summed E-state index contributed by atoms with van der Waals surface area (Å²) in [6.45, 7) is 5.71. The molecule has 0 saturated carbocycles. The van der Waals surface area contributed by atoms with E-state index < -0.39 is 0 Å². The van der Waals surface area contributed by atoms with Crippen molar-refractivity contribution in [2.45, 2.75) is 25.8 Å². The molecule has 6 nitrogen and oxygen atoms in total. The third-order valence-electron chi connectivity index (χ3n) is 4.36. The van der Waals surface area contributed by atoms with E-state index in [1.807, 2.05) is 12.1 Å². The monoisotopic (exact) mass is 391 g/mol. The number of ether oxygens (including phenoxy) is 3. The van der Waals surface area contributed by atoms with Crippen LogP contribution in [0.2, 0.25) is 0 Å². The van der Waals surface area contributed by atoms with Gasteiger partial charge in [0.25, 0.3) is 0 Å². The average molecular weight is 392 g/mol. The molecule has 0 spiro atoms. The maximum Gasteiger partial charge on any atom is 0.191 e. The maximum absolute atomic E-state index is 5.50. The van der Waals surface area contributed by atoms with E-state index in [0.717, 1.165) is 18.1 Å². The zero-order chi connectivity index (χ0) is 19.9. The molecule has 0 unspecified atom stereocenters. The number of methoxy groups -OCH3 is 3. The second-order valence-electron chi connectivity index (χ2n) is 6.65. The largest absolute Gasteiger partial charge is 0.496 e. The molecular weight excluding hydrogens is 362 g/mol. The fourth-order valence-corrected chi connectivity index (χ4v) is 3.55. The summed E-state index contributed by atoms with van der Waals surface area (Å²) in [4.78, 5) is 5.66. The fraction of sp³-hybridized carbons (Fsp3) is 0.450. The summed E-state index contributed by atoms with van der Waals surface area (Å²) in [5.41, 5.74) is 0.919. The highest BCUT2D eigenvalue weighted by Gasteiger charge is 2.22. The maximum atomic E-state index is 5.50. The van der Waals surface area contributed by atoms with Crippen molar-refractivity contribution in [2.24, 2.45) is 4.99 Å². The summed E-state index contributed by atoms with van der Waals surface area (Å²) in [6, 6.07) is 7.93. The highest BCUT2D eigenvalue weighted by Crippen LogP contribution is 2.33. The summed E-state index contributed by atoms with van der Waals surface area (Å²) in [7, 11) is 6.64. The number of nitrogens with one attached hydrogen (secondary N) is 2. The standard InChI is InChI=1S/C20H29N3O3S/c1-20(2,18-8-7-9-27-18)13-23-19(21-3)22-12-15-16(25-5)10-14(24-4)11-17(15)26-6/h7-11H,12-13H2,1-6H3,(H2,21,22,23). The molecule has 0 aliphatic heterocycles. The molecule has 0 bridgehead atoms. The highest BCUT2D eigenvalue weighted by molar-refractivity contribution is 7.10. The molecule has 1 aromatic carbocycles. The Morgan fingerprint density at radius 2 is 1.74 bits per heavy atom. The van der Waals surface area contributed by atoms with Gasteiger partial charge in [0.1, 0.15) is 17.2 Å². The Balaban J connectivity index is 2.06. The van der Waals surface area contributed by atoms with Crippen molar-refractivity contribution in [1.29, 1.82) is 0 Å². The van der Waals surface area contributed by atoms with E-state index in [0.29, 0.717) is 23.8 Å². The van der Waals surface area contributed by atoms with Crippen molar-refractivity contribution in [3.8, 4) is 17.2 Å². The summed E-state index contributed by atoms with van der Waals surface area (Å²) in [5, 5.41) is 8.84. The first-order chi connectivity index (χ1) is 12.9. The second-order valence-corrected chi connectivity index (χ2v) is 7.60. The van der Waals surface area contributed by atoms with Crippen LogP contribution in [0.1, 0.15) is 24.3 Å². The lowest BCUT2D eigenvalue weighted by Crippen LogP contribution is -2.43. The molecule has 0 amide bonds. The number of nitrogens with zero attached hydrogens (tertiary/aromatic N) is 1. The van der Waals surface area contributed by atoms with E-state index in [1.165, 1.54) is 4.88 Å². The number of hydrogen-bond acceptors (Lipinski definition) is 5. The molecular formula is C20H29N3O3S. The highest BCUT2D eigenvalue weighted by atomic mass is 32.1. The molecule has 2 N–H and O–H groups in total. The number of aliphatic imine (C=N–C) groups is 1. The van der Waals surface area contributed by atoms with Gasteiger partial charge in [-0.15, -0.1) is 11.3 Å². The normalized spacial score (nSPS) is 11.9. The molecule has 7 heteroatoms. The smallest absolute Gasteiger partial charge is 0.191 e. The lowest BCUT2D eigenvalue weighted by Gasteiger charge is -2.25. The van der Waals surface area contributed by atoms with Gasteiger partial charge >= 0.3 is 0 Å². The summed E-state index contributed by atoms with van der Waals surface area (Å²) < 4.78 is 16.3. The van der Waals surface area contributed by atoms with Crippen LogP contribution in [0, 0.1) is 0 Å². The van der Waals surface area contributed by atoms with Gasteiger partial charge in [0.05, 0.1) is 33.4 Å². The molecule has 0 atom stereocenters. The van der Waals surface area contributed by atoms with E-state index in [2.05, 4.69) is 47.0 Å². The third kappa shape index (κ3) is 5.29. The Hall–Kier alpha value is -2.41. The number of benzene rings is 1. The number of rotatable bonds is 8. The van der Waals surface area contributed by atoms with Gasteiger partial charge < -0.3 is 24.8 Å². The van der Waals surface area contributed by atoms with Gasteiger partial charge in [-0.3, -0.25) is 4.99 Å². The van der Waals surface area contributed by atoms with E-state index in [9.17, 15) is 0 Å². The Morgan fingerprint density at radius 1 is 1.07 bits per heavy atom. The second kappa shape index (κ2) is 9.50. The van der Waals surface area contributed by atoms with E-state index in [-0.39, 0.29) is 5.41 Å². The fourth-order valence-electron chi connectivity index (χ4n) is 2.70. The van der Waals surface area contributed by atoms with Crippen LogP contribution in [0.15, 0.2) is 34.6 Å². The molecule has 2 rings (SSSR count). The Morgan fingerprint density at radius 3 is 2.22 bits per heavy atom. The predicted molar refractivity (Wildman–Crippen MR) is 112 cm³/mol. The number of thiophene rings is 1. The minimum absolute atomic E-state index is 0.0152. The minimum Gasteiger partial charge on any atom is -0.496 e. The van der Waals surface area contributed by atoms with Crippen LogP contribution in [0.5, 0.6) is 17.2 Å². The minimum atomic E-state index is 0.0152. The van der Waals surface area contributed by atoms with Crippen LogP contribution >= 0.6 is 11.3 Å². The topological polar surface area (TPSA) is 64.1 Å². The molecule has 1 heterocycles. The van der Waals surface area contributed by atoms with Crippen LogP contribution < -0.4 is 24.8 Å². The Labute approximate surface area is 165 Å². The summed E-state index contributed by atoms with van der Waals surface area (Å²) in [5.74, 6) is 2.81. The van der Waals surface area contributed by atoms with Crippen molar-refractivity contribution in [3.05, 3.63) is 40.1 Å². The molecule has 0 radical (unpaired) electrons. The predicted octanol–water partition coefficient (Wildman–Crippen LogP) is 3.42. The Kier molecular flexibility index (Phi) is 7.36. The van der Waals surface area contributed by atoms with Gasteiger partial charge in [0.15, 0.2) is 5.96 Å². The third-order valence-corrected chi connectivity index (χ3v) is 5.60. The van der Waals surface area contributed by atoms with Crippen molar-refractivity contribution >= 4 is 17.3 Å². The van der Waals surface area contributed by atoms with Crippen LogP contribution in [-0.4, -0.2) is 40.9 Å². The molecule has 0 fully saturated rings. The average Bonchev–Trinajstić information content (AvgIpc) is 3.23. The first-order valence-electron chi connectivity index (χ1n) is 8.72. The lowest BCUT2D eigenvalue weighted by atomic mass is 9.91. The van der Waals surface area contributed by atoms with Crippen molar-refractivity contribution in [2.75, 3.05) is 34.9 Å². The van der Waals surface area contributed by atoms with Crippen molar-refractivity contribution in [1.82, 2.24) is 10.6 Å². The quantitative estimate of drug-likeness (QED) is 0.533. The van der Waals surface area contributed by atoms with Gasteiger partial charge in [-0.1, -0.05) is 19.9 Å². The first kappa shape index (κ1) is 20.9. The summed E-state index contributed by atoms with van der Waals surface area (Å²) >= 11 is 1.77. The van der Waals surface area contributed by atoms with Crippen LogP contribution in [0.25, 0.3) is 0 Å². The number of guanidine groups is 1. The van der Waals surface area contributed by atoms with Crippen LogP contribution in [-0.2, 0) is 12.0 Å². The lowest BCUT2D eigenvalue weighted by molar-refractivity contribution is 0.368. The van der Waals surface area contributed by atoms with Crippen LogP contribution in [0.3, 0.4) is 0 Å². The molecule has 0 aliphatic carbocycles. The molecule has 148 valence electrons. The van der Waals surface area contributed by atoms with Gasteiger partial charge in [-0.25, -0.2) is 0 Å². The first-order valence-corrected chi connectivity index (χ1v) is 9.60. The van der Waals surface area contributed by atoms with Gasteiger partial charge in [0.2, 0.25) is 0 Å². The molecule has 0 saturated heterocycles. The SMILES string of the molecule is CN=C(NCc1c(OC)cc(OC)cc1OC)NCC(C)(C)c1cccs1. The van der Waals surface area contributed by atoms with Crippen molar-refractivity contribution in [3.63, 3.8) is 0 Å². The van der Waals surface area contributed by atoms with E-state index >= 15 is 0 Å². The zero-order valence-corrected chi connectivity index (χ0v) is 17.7. The van der Waals surface area contributed by atoms with Crippen molar-refractivity contribution < 1.29 is 14.2 Å².